The van der Waals surface area contributed by atoms with Gasteiger partial charge in [-0.2, -0.15) is 0 Å². The summed E-state index contributed by atoms with van der Waals surface area (Å²) in [6.45, 7) is 11.8. The predicted octanol–water partition coefficient (Wildman–Crippen LogP) is 2.48. The Morgan fingerprint density at radius 2 is 1.83 bits per heavy atom. The van der Waals surface area contributed by atoms with Crippen molar-refractivity contribution in [2.75, 3.05) is 19.6 Å². The lowest BCUT2D eigenvalue weighted by Gasteiger charge is -2.36. The van der Waals surface area contributed by atoms with Crippen LogP contribution in [0.2, 0.25) is 0 Å². The number of aryl methyl sites for hydroxylation is 1. The highest BCUT2D eigenvalue weighted by molar-refractivity contribution is 5.83. The van der Waals surface area contributed by atoms with Gasteiger partial charge in [0.05, 0.1) is 0 Å². The van der Waals surface area contributed by atoms with Crippen LogP contribution >= 0.6 is 0 Å². The molecule has 0 saturated carbocycles. The molecule has 2 rings (SSSR count). The average Bonchev–Trinajstić information content (AvgIpc) is 2.45. The minimum atomic E-state index is -0.600. The number of carbonyl (C=O) groups is 1. The summed E-state index contributed by atoms with van der Waals surface area (Å²) in [6.07, 6.45) is 1.30. The van der Waals surface area contributed by atoms with Crippen LogP contribution in [0.15, 0.2) is 24.3 Å². The summed E-state index contributed by atoms with van der Waals surface area (Å²) in [4.78, 5) is 14.8. The molecule has 23 heavy (non-hydrogen) atoms. The highest BCUT2D eigenvalue weighted by Gasteiger charge is 2.24. The predicted molar refractivity (Wildman–Crippen MR) is 95.1 cm³/mol. The molecule has 1 heterocycles. The Morgan fingerprint density at radius 3 is 2.39 bits per heavy atom. The van der Waals surface area contributed by atoms with Crippen molar-refractivity contribution in [1.29, 1.82) is 0 Å². The zero-order valence-electron chi connectivity index (χ0n) is 14.9. The van der Waals surface area contributed by atoms with E-state index in [2.05, 4.69) is 31.0 Å². The fourth-order valence-corrected chi connectivity index (χ4v) is 3.63. The summed E-state index contributed by atoms with van der Waals surface area (Å²) in [5, 5.41) is 3.06. The van der Waals surface area contributed by atoms with E-state index in [1.165, 1.54) is 12.0 Å². The Kier molecular flexibility index (Phi) is 6.19. The van der Waals surface area contributed by atoms with Crippen molar-refractivity contribution >= 4 is 5.91 Å². The van der Waals surface area contributed by atoms with E-state index in [9.17, 15) is 4.79 Å². The molecule has 0 bridgehead atoms. The molecule has 0 radical (unpaired) electrons. The number of nitrogens with one attached hydrogen (secondary N) is 1. The first-order valence-electron chi connectivity index (χ1n) is 8.70. The van der Waals surface area contributed by atoms with E-state index >= 15 is 0 Å². The summed E-state index contributed by atoms with van der Waals surface area (Å²) in [5.74, 6) is 1.37. The van der Waals surface area contributed by atoms with E-state index in [0.29, 0.717) is 0 Å². The highest BCUT2D eigenvalue weighted by Crippen LogP contribution is 2.21. The third-order valence-corrected chi connectivity index (χ3v) is 4.58. The van der Waals surface area contributed by atoms with Gasteiger partial charge in [0.1, 0.15) is 6.04 Å². The standard InChI is InChI=1S/C19H31N3O/c1-13-5-7-17(8-6-13)18(20)19(23)21-16(4)12-22-10-14(2)9-15(3)11-22/h5-8,14-16,18H,9-12,20H2,1-4H3,(H,21,23). The number of piperidine rings is 1. The molecular weight excluding hydrogens is 286 g/mol. The molecule has 4 heteroatoms. The topological polar surface area (TPSA) is 58.4 Å². The van der Waals surface area contributed by atoms with Gasteiger partial charge in [-0.1, -0.05) is 43.7 Å². The van der Waals surface area contributed by atoms with Crippen LogP contribution in [-0.2, 0) is 4.79 Å². The molecule has 1 aromatic carbocycles. The summed E-state index contributed by atoms with van der Waals surface area (Å²) >= 11 is 0. The van der Waals surface area contributed by atoms with E-state index in [1.807, 2.05) is 31.2 Å². The lowest BCUT2D eigenvalue weighted by atomic mass is 9.91. The summed E-state index contributed by atoms with van der Waals surface area (Å²) < 4.78 is 0. The molecule has 128 valence electrons. The van der Waals surface area contributed by atoms with Crippen LogP contribution in [0.1, 0.15) is 44.4 Å². The number of rotatable bonds is 5. The molecule has 4 nitrogen and oxygen atoms in total. The van der Waals surface area contributed by atoms with Crippen molar-refractivity contribution < 1.29 is 4.79 Å². The monoisotopic (exact) mass is 317 g/mol. The SMILES string of the molecule is Cc1ccc(C(N)C(=O)NC(C)CN2CC(C)CC(C)C2)cc1. The van der Waals surface area contributed by atoms with Crippen LogP contribution in [0.3, 0.4) is 0 Å². The maximum Gasteiger partial charge on any atom is 0.241 e. The van der Waals surface area contributed by atoms with Crippen LogP contribution in [0.5, 0.6) is 0 Å². The summed E-state index contributed by atoms with van der Waals surface area (Å²) in [5.41, 5.74) is 8.12. The largest absolute Gasteiger partial charge is 0.351 e. The lowest BCUT2D eigenvalue weighted by molar-refractivity contribution is -0.123. The van der Waals surface area contributed by atoms with E-state index < -0.39 is 6.04 Å². The van der Waals surface area contributed by atoms with E-state index in [1.54, 1.807) is 0 Å². The van der Waals surface area contributed by atoms with E-state index in [-0.39, 0.29) is 11.9 Å². The van der Waals surface area contributed by atoms with E-state index in [4.69, 9.17) is 5.73 Å². The van der Waals surface area contributed by atoms with Gasteiger partial charge in [-0.25, -0.2) is 0 Å². The second-order valence-electron chi connectivity index (χ2n) is 7.46. The van der Waals surface area contributed by atoms with Crippen molar-refractivity contribution in [1.82, 2.24) is 10.2 Å². The first-order valence-corrected chi connectivity index (χ1v) is 8.70. The minimum absolute atomic E-state index is 0.0977. The molecule has 1 aliphatic rings. The molecule has 1 amide bonds. The number of nitrogens with zero attached hydrogens (tertiary/aromatic N) is 1. The van der Waals surface area contributed by atoms with Gasteiger partial charge in [0.25, 0.3) is 0 Å². The second-order valence-corrected chi connectivity index (χ2v) is 7.46. The van der Waals surface area contributed by atoms with Gasteiger partial charge in [0.15, 0.2) is 0 Å². The maximum absolute atomic E-state index is 12.4. The van der Waals surface area contributed by atoms with Gasteiger partial charge < -0.3 is 16.0 Å². The zero-order valence-corrected chi connectivity index (χ0v) is 14.9. The number of hydrogen-bond donors (Lipinski definition) is 2. The molecule has 1 fully saturated rings. The van der Waals surface area contributed by atoms with Gasteiger partial charge in [-0.05, 0) is 37.7 Å². The number of amides is 1. The van der Waals surface area contributed by atoms with Crippen LogP contribution in [0, 0.1) is 18.8 Å². The van der Waals surface area contributed by atoms with Crippen molar-refractivity contribution in [2.45, 2.75) is 46.2 Å². The van der Waals surface area contributed by atoms with Gasteiger partial charge >= 0.3 is 0 Å². The Labute approximate surface area is 140 Å². The number of carbonyl (C=O) groups excluding carboxylic acids is 1. The fraction of sp³-hybridized carbons (Fsp3) is 0.632. The van der Waals surface area contributed by atoms with Crippen LogP contribution in [-0.4, -0.2) is 36.5 Å². The Hall–Kier alpha value is -1.39. The summed E-state index contributed by atoms with van der Waals surface area (Å²) in [7, 11) is 0. The van der Waals surface area contributed by atoms with Gasteiger partial charge in [-0.15, -0.1) is 0 Å². The lowest BCUT2D eigenvalue weighted by Crippen LogP contribution is -2.48. The summed E-state index contributed by atoms with van der Waals surface area (Å²) in [6, 6.07) is 7.34. The molecule has 0 spiro atoms. The van der Waals surface area contributed by atoms with Crippen molar-refractivity contribution in [2.24, 2.45) is 17.6 Å². The maximum atomic E-state index is 12.4. The van der Waals surface area contributed by atoms with Crippen molar-refractivity contribution in [3.05, 3.63) is 35.4 Å². The van der Waals surface area contributed by atoms with Gasteiger partial charge in [0, 0.05) is 25.7 Å². The first kappa shape index (κ1) is 18.0. The molecule has 3 N–H and O–H groups in total. The molecule has 1 saturated heterocycles. The van der Waals surface area contributed by atoms with Gasteiger partial charge in [-0.3, -0.25) is 4.79 Å². The molecule has 0 aliphatic carbocycles. The number of likely N-dealkylation sites (tertiary alicyclic amines) is 1. The molecule has 0 aromatic heterocycles. The third-order valence-electron chi connectivity index (χ3n) is 4.58. The van der Waals surface area contributed by atoms with E-state index in [0.717, 1.165) is 37.0 Å². The van der Waals surface area contributed by atoms with Crippen molar-refractivity contribution in [3.63, 3.8) is 0 Å². The third kappa shape index (κ3) is 5.33. The quantitative estimate of drug-likeness (QED) is 0.877. The minimum Gasteiger partial charge on any atom is -0.351 e. The number of hydrogen-bond acceptors (Lipinski definition) is 3. The zero-order chi connectivity index (χ0) is 17.0. The molecule has 1 aromatic rings. The Morgan fingerprint density at radius 1 is 1.26 bits per heavy atom. The Bertz CT molecular complexity index is 504. The smallest absolute Gasteiger partial charge is 0.241 e. The fourth-order valence-electron chi connectivity index (χ4n) is 3.63. The molecule has 4 unspecified atom stereocenters. The second kappa shape index (κ2) is 7.93. The van der Waals surface area contributed by atoms with Gasteiger partial charge in [0.2, 0.25) is 5.91 Å². The van der Waals surface area contributed by atoms with Crippen LogP contribution in [0.4, 0.5) is 0 Å². The first-order chi connectivity index (χ1) is 10.8. The van der Waals surface area contributed by atoms with Crippen molar-refractivity contribution in [3.8, 4) is 0 Å². The molecule has 4 atom stereocenters. The molecular formula is C19H31N3O. The highest BCUT2D eigenvalue weighted by atomic mass is 16.2. The molecule has 1 aliphatic heterocycles. The number of nitrogens with two attached hydrogens (primary N) is 1. The number of benzene rings is 1. The average molecular weight is 317 g/mol. The van der Waals surface area contributed by atoms with Crippen LogP contribution < -0.4 is 11.1 Å². The normalized spacial score (nSPS) is 24.9. The Balaban J connectivity index is 1.85. The van der Waals surface area contributed by atoms with Crippen LogP contribution in [0.25, 0.3) is 0 Å².